The van der Waals surface area contributed by atoms with Gasteiger partial charge in [-0.1, -0.05) is 11.9 Å². The van der Waals surface area contributed by atoms with E-state index in [0.717, 1.165) is 29.5 Å². The van der Waals surface area contributed by atoms with Gasteiger partial charge in [0, 0.05) is 29.6 Å². The third-order valence-corrected chi connectivity index (χ3v) is 5.59. The molecule has 1 fully saturated rings. The number of hydrogen-bond acceptors (Lipinski definition) is 3. The summed E-state index contributed by atoms with van der Waals surface area (Å²) in [6.45, 7) is 1.83. The molecular weight excluding hydrogens is 330 g/mol. The average Bonchev–Trinajstić information content (AvgIpc) is 3.14. The van der Waals surface area contributed by atoms with Crippen LogP contribution in [-0.4, -0.2) is 38.9 Å². The van der Waals surface area contributed by atoms with Gasteiger partial charge in [-0.2, -0.15) is 0 Å². The van der Waals surface area contributed by atoms with Gasteiger partial charge in [-0.15, -0.1) is 0 Å². The zero-order valence-corrected chi connectivity index (χ0v) is 13.9. The molecule has 1 atom stereocenters. The summed E-state index contributed by atoms with van der Waals surface area (Å²) in [5, 5.41) is 12.2. The maximum atomic E-state index is 13.7. The first-order chi connectivity index (χ1) is 11.6. The molecule has 4 rings (SSSR count). The SMILES string of the molecule is OC(CN1CCCS1)Cn1c2cc(F)ccc2c2ccc(F)cc21. The molecule has 1 N–H and O–H groups in total. The topological polar surface area (TPSA) is 28.4 Å². The highest BCUT2D eigenvalue weighted by Crippen LogP contribution is 2.30. The fraction of sp³-hybridized carbons (Fsp3) is 0.333. The van der Waals surface area contributed by atoms with Gasteiger partial charge in [0.25, 0.3) is 0 Å². The lowest BCUT2D eigenvalue weighted by Crippen LogP contribution is -2.29. The fourth-order valence-electron chi connectivity index (χ4n) is 3.38. The van der Waals surface area contributed by atoms with E-state index in [1.165, 1.54) is 24.3 Å². The van der Waals surface area contributed by atoms with E-state index in [0.29, 0.717) is 24.1 Å². The Morgan fingerprint density at radius 3 is 2.17 bits per heavy atom. The van der Waals surface area contributed by atoms with E-state index in [2.05, 4.69) is 4.31 Å². The van der Waals surface area contributed by atoms with Crippen LogP contribution in [0.3, 0.4) is 0 Å². The second-order valence-electron chi connectivity index (χ2n) is 6.16. The van der Waals surface area contributed by atoms with Crippen molar-refractivity contribution in [3.05, 3.63) is 48.0 Å². The second-order valence-corrected chi connectivity index (χ2v) is 7.34. The van der Waals surface area contributed by atoms with Crippen molar-refractivity contribution >= 4 is 33.8 Å². The van der Waals surface area contributed by atoms with Crippen LogP contribution in [0.1, 0.15) is 6.42 Å². The molecule has 3 nitrogen and oxygen atoms in total. The summed E-state index contributed by atoms with van der Waals surface area (Å²) in [4.78, 5) is 0. The third-order valence-electron chi connectivity index (χ3n) is 4.42. The molecule has 0 aliphatic carbocycles. The summed E-state index contributed by atoms with van der Waals surface area (Å²) in [7, 11) is 0. The van der Waals surface area contributed by atoms with Gasteiger partial charge in [-0.05, 0) is 42.8 Å². The van der Waals surface area contributed by atoms with Crippen LogP contribution in [0, 0.1) is 11.6 Å². The Kier molecular flexibility index (Phi) is 4.20. The Hall–Kier alpha value is -1.63. The maximum Gasteiger partial charge on any atom is 0.125 e. The Bertz CT molecular complexity index is 830. The number of nitrogens with zero attached hydrogens (tertiary/aromatic N) is 2. The molecule has 0 amide bonds. The van der Waals surface area contributed by atoms with Gasteiger partial charge >= 0.3 is 0 Å². The predicted octanol–water partition coefficient (Wildman–Crippen LogP) is 3.79. The van der Waals surface area contributed by atoms with Crippen LogP contribution in [0.15, 0.2) is 36.4 Å². The van der Waals surface area contributed by atoms with Crippen LogP contribution in [0.25, 0.3) is 21.8 Å². The zero-order chi connectivity index (χ0) is 16.7. The number of aromatic nitrogens is 1. The molecule has 1 aromatic heterocycles. The number of rotatable bonds is 4. The van der Waals surface area contributed by atoms with Gasteiger partial charge in [0.05, 0.1) is 23.7 Å². The van der Waals surface area contributed by atoms with Gasteiger partial charge in [0.2, 0.25) is 0 Å². The number of benzene rings is 2. The second kappa shape index (κ2) is 6.35. The Balaban J connectivity index is 1.76. The third kappa shape index (κ3) is 2.90. The van der Waals surface area contributed by atoms with Crippen LogP contribution in [0.2, 0.25) is 0 Å². The van der Waals surface area contributed by atoms with Crippen molar-refractivity contribution in [2.24, 2.45) is 0 Å². The van der Waals surface area contributed by atoms with Crippen molar-refractivity contribution < 1.29 is 13.9 Å². The summed E-state index contributed by atoms with van der Waals surface area (Å²) < 4.78 is 31.4. The van der Waals surface area contributed by atoms with E-state index in [1.54, 1.807) is 24.1 Å². The highest BCUT2D eigenvalue weighted by atomic mass is 32.2. The lowest BCUT2D eigenvalue weighted by Gasteiger charge is -2.19. The van der Waals surface area contributed by atoms with Gasteiger partial charge < -0.3 is 9.67 Å². The van der Waals surface area contributed by atoms with E-state index < -0.39 is 6.10 Å². The van der Waals surface area contributed by atoms with Gasteiger partial charge in [0.15, 0.2) is 0 Å². The Morgan fingerprint density at radius 2 is 1.62 bits per heavy atom. The smallest absolute Gasteiger partial charge is 0.125 e. The highest BCUT2D eigenvalue weighted by Gasteiger charge is 2.19. The van der Waals surface area contributed by atoms with Crippen molar-refractivity contribution in [2.75, 3.05) is 18.8 Å². The molecule has 3 aromatic rings. The van der Waals surface area contributed by atoms with Gasteiger partial charge in [-0.25, -0.2) is 13.1 Å². The summed E-state index contributed by atoms with van der Waals surface area (Å²) in [6, 6.07) is 9.14. The molecule has 0 spiro atoms. The minimum atomic E-state index is -0.596. The number of aliphatic hydroxyl groups is 1. The molecule has 24 heavy (non-hydrogen) atoms. The van der Waals surface area contributed by atoms with E-state index in [4.69, 9.17) is 0 Å². The molecule has 1 saturated heterocycles. The number of aliphatic hydroxyl groups excluding tert-OH is 1. The van der Waals surface area contributed by atoms with E-state index >= 15 is 0 Å². The largest absolute Gasteiger partial charge is 0.390 e. The molecule has 1 aliphatic heterocycles. The summed E-state index contributed by atoms with van der Waals surface area (Å²) in [5.41, 5.74) is 1.37. The number of hydrogen-bond donors (Lipinski definition) is 1. The highest BCUT2D eigenvalue weighted by molar-refractivity contribution is 7.97. The molecular formula is C18H18F2N2OS. The van der Waals surface area contributed by atoms with Crippen LogP contribution in [0.4, 0.5) is 8.78 Å². The minimum Gasteiger partial charge on any atom is -0.390 e. The van der Waals surface area contributed by atoms with Crippen molar-refractivity contribution in [3.8, 4) is 0 Å². The van der Waals surface area contributed by atoms with E-state index in [9.17, 15) is 13.9 Å². The predicted molar refractivity (Wildman–Crippen MR) is 94.0 cm³/mol. The van der Waals surface area contributed by atoms with Crippen LogP contribution >= 0.6 is 11.9 Å². The van der Waals surface area contributed by atoms with Crippen LogP contribution in [0.5, 0.6) is 0 Å². The lowest BCUT2D eigenvalue weighted by atomic mass is 10.1. The molecule has 0 saturated carbocycles. The average molecular weight is 348 g/mol. The molecule has 126 valence electrons. The van der Waals surface area contributed by atoms with Crippen LogP contribution < -0.4 is 0 Å². The molecule has 1 aliphatic rings. The van der Waals surface area contributed by atoms with E-state index in [1.807, 2.05) is 4.57 Å². The van der Waals surface area contributed by atoms with Gasteiger partial charge in [-0.3, -0.25) is 0 Å². The van der Waals surface area contributed by atoms with Gasteiger partial charge in [0.1, 0.15) is 11.6 Å². The normalized spacial score (nSPS) is 17.1. The quantitative estimate of drug-likeness (QED) is 0.727. The summed E-state index contributed by atoms with van der Waals surface area (Å²) >= 11 is 1.74. The number of fused-ring (bicyclic) bond motifs is 3. The molecule has 0 radical (unpaired) electrons. The molecule has 0 bridgehead atoms. The fourth-order valence-corrected chi connectivity index (χ4v) is 4.44. The monoisotopic (exact) mass is 348 g/mol. The van der Waals surface area contributed by atoms with Crippen molar-refractivity contribution in [2.45, 2.75) is 19.1 Å². The number of β-amino-alcohol motifs (C(OH)–C–C–N with tert-alkyl or cyclic N) is 1. The molecule has 1 unspecified atom stereocenters. The first-order valence-electron chi connectivity index (χ1n) is 8.05. The maximum absolute atomic E-state index is 13.7. The first-order valence-corrected chi connectivity index (χ1v) is 8.99. The standard InChI is InChI=1S/C18H18F2N2OS/c19-12-2-4-15-16-5-3-13(20)9-18(16)22(17(15)8-12)11-14(23)10-21-6-1-7-24-21/h2-5,8-9,14,23H,1,6-7,10-11H2. The van der Waals surface area contributed by atoms with Crippen molar-refractivity contribution in [1.29, 1.82) is 0 Å². The molecule has 2 heterocycles. The number of halogens is 2. The van der Waals surface area contributed by atoms with Crippen molar-refractivity contribution in [3.63, 3.8) is 0 Å². The minimum absolute atomic E-state index is 0.309. The Labute approximate surface area is 143 Å². The molecule has 6 heteroatoms. The lowest BCUT2D eigenvalue weighted by molar-refractivity contribution is 0.135. The Morgan fingerprint density at radius 1 is 1.00 bits per heavy atom. The van der Waals surface area contributed by atoms with Crippen LogP contribution in [-0.2, 0) is 6.54 Å². The first kappa shape index (κ1) is 15.9. The molecule has 2 aromatic carbocycles. The van der Waals surface area contributed by atoms with E-state index in [-0.39, 0.29) is 11.6 Å². The summed E-state index contributed by atoms with van der Waals surface area (Å²) in [5.74, 6) is 0.409. The zero-order valence-electron chi connectivity index (χ0n) is 13.1. The summed E-state index contributed by atoms with van der Waals surface area (Å²) in [6.07, 6.45) is 0.532. The van der Waals surface area contributed by atoms with Crippen molar-refractivity contribution in [1.82, 2.24) is 8.87 Å².